The molecule has 2 N–H and O–H groups in total. The van der Waals surface area contributed by atoms with Gasteiger partial charge in [0.05, 0.1) is 6.54 Å². The Hall–Kier alpha value is -2.46. The molecule has 3 heterocycles. The minimum absolute atomic E-state index is 0.146. The van der Waals surface area contributed by atoms with E-state index in [2.05, 4.69) is 32.5 Å². The predicted molar refractivity (Wildman–Crippen MR) is 138 cm³/mol. The summed E-state index contributed by atoms with van der Waals surface area (Å²) >= 11 is 0. The maximum absolute atomic E-state index is 13.3. The molecule has 2 fully saturated rings. The van der Waals surface area contributed by atoms with Crippen LogP contribution < -0.4 is 10.6 Å². The third-order valence-electron chi connectivity index (χ3n) is 7.97. The van der Waals surface area contributed by atoms with Gasteiger partial charge in [0.1, 0.15) is 11.2 Å². The van der Waals surface area contributed by atoms with Gasteiger partial charge in [-0.1, -0.05) is 19.8 Å². The van der Waals surface area contributed by atoms with Crippen LogP contribution in [0, 0.1) is 0 Å². The average molecular weight is 502 g/mol. The van der Waals surface area contributed by atoms with E-state index in [1.165, 1.54) is 17.6 Å². The molecule has 36 heavy (non-hydrogen) atoms. The number of piperazine rings is 1. The van der Waals surface area contributed by atoms with Crippen molar-refractivity contribution in [3.8, 4) is 0 Å². The SMILES string of the molecule is CCCN1CCN(CCCNC(=O)c2cc3n(n2)C[C@](C)(C(=O)NC2CCCC2)N(CC)C3=O)CC1. The number of nitrogens with zero attached hydrogens (tertiary/aromatic N) is 5. The van der Waals surface area contributed by atoms with Gasteiger partial charge in [0.15, 0.2) is 5.69 Å². The predicted octanol–water partition coefficient (Wildman–Crippen LogP) is 1.32. The topological polar surface area (TPSA) is 103 Å². The van der Waals surface area contributed by atoms with Gasteiger partial charge in [-0.3, -0.25) is 19.1 Å². The monoisotopic (exact) mass is 501 g/mol. The minimum atomic E-state index is -1.04. The lowest BCUT2D eigenvalue weighted by Crippen LogP contribution is -2.64. The van der Waals surface area contributed by atoms with Gasteiger partial charge in [-0.25, -0.2) is 0 Å². The Morgan fingerprint density at radius 3 is 2.39 bits per heavy atom. The van der Waals surface area contributed by atoms with Crippen LogP contribution in [0.2, 0.25) is 0 Å². The Bertz CT molecular complexity index is 934. The number of likely N-dealkylation sites (N-methyl/N-ethyl adjacent to an activating group) is 1. The third-order valence-corrected chi connectivity index (χ3v) is 7.97. The minimum Gasteiger partial charge on any atom is -0.351 e. The zero-order valence-electron chi connectivity index (χ0n) is 22.2. The molecule has 0 bridgehead atoms. The van der Waals surface area contributed by atoms with Crippen LogP contribution in [-0.2, 0) is 11.3 Å². The van der Waals surface area contributed by atoms with Crippen LogP contribution in [0.5, 0.6) is 0 Å². The smallest absolute Gasteiger partial charge is 0.273 e. The summed E-state index contributed by atoms with van der Waals surface area (Å²) < 4.78 is 1.54. The summed E-state index contributed by atoms with van der Waals surface area (Å²) in [6.07, 6.45) is 6.26. The zero-order valence-corrected chi connectivity index (χ0v) is 22.2. The van der Waals surface area contributed by atoms with E-state index in [0.717, 1.165) is 64.8 Å². The second-order valence-electron chi connectivity index (χ2n) is 10.6. The van der Waals surface area contributed by atoms with Crippen LogP contribution in [0.3, 0.4) is 0 Å². The van der Waals surface area contributed by atoms with Gasteiger partial charge in [-0.15, -0.1) is 0 Å². The highest BCUT2D eigenvalue weighted by molar-refractivity contribution is 6.01. The number of hydrogen-bond donors (Lipinski definition) is 2. The number of nitrogens with one attached hydrogen (secondary N) is 2. The number of fused-ring (bicyclic) bond motifs is 1. The first-order valence-corrected chi connectivity index (χ1v) is 13.8. The normalized spacial score (nSPS) is 23.6. The molecular weight excluding hydrogens is 458 g/mol. The molecule has 4 rings (SSSR count). The quantitative estimate of drug-likeness (QED) is 0.469. The third kappa shape index (κ3) is 5.75. The van der Waals surface area contributed by atoms with Crippen molar-refractivity contribution in [2.24, 2.45) is 0 Å². The molecule has 1 aromatic rings. The fourth-order valence-electron chi connectivity index (χ4n) is 5.81. The molecule has 0 aromatic carbocycles. The molecule has 10 heteroatoms. The van der Waals surface area contributed by atoms with Crippen molar-refractivity contribution >= 4 is 17.7 Å². The van der Waals surface area contributed by atoms with E-state index in [9.17, 15) is 14.4 Å². The Balaban J connectivity index is 1.32. The van der Waals surface area contributed by atoms with Crippen molar-refractivity contribution in [3.05, 3.63) is 17.5 Å². The number of aromatic nitrogens is 2. The summed E-state index contributed by atoms with van der Waals surface area (Å²) in [4.78, 5) is 45.9. The van der Waals surface area contributed by atoms with Gasteiger partial charge in [0.25, 0.3) is 11.8 Å². The van der Waals surface area contributed by atoms with E-state index in [0.29, 0.717) is 18.8 Å². The van der Waals surface area contributed by atoms with Crippen molar-refractivity contribution in [2.75, 3.05) is 52.4 Å². The van der Waals surface area contributed by atoms with E-state index in [1.54, 1.807) is 17.9 Å². The highest BCUT2D eigenvalue weighted by atomic mass is 16.2. The average Bonchev–Trinajstić information content (AvgIpc) is 3.53. The van der Waals surface area contributed by atoms with Gasteiger partial charge in [0.2, 0.25) is 5.91 Å². The molecule has 3 amide bonds. The number of carbonyl (C=O) groups excluding carboxylic acids is 3. The maximum atomic E-state index is 13.3. The fourth-order valence-corrected chi connectivity index (χ4v) is 5.81. The van der Waals surface area contributed by atoms with E-state index >= 15 is 0 Å². The molecular formula is C26H43N7O3. The molecule has 1 aliphatic carbocycles. The van der Waals surface area contributed by atoms with E-state index in [4.69, 9.17) is 0 Å². The first-order valence-electron chi connectivity index (χ1n) is 13.8. The highest BCUT2D eigenvalue weighted by Crippen LogP contribution is 2.28. The Kier molecular flexibility index (Phi) is 8.66. The zero-order chi connectivity index (χ0) is 25.7. The van der Waals surface area contributed by atoms with E-state index in [1.807, 2.05) is 6.92 Å². The summed E-state index contributed by atoms with van der Waals surface area (Å²) in [6, 6.07) is 1.73. The molecule has 0 unspecified atom stereocenters. The van der Waals surface area contributed by atoms with Crippen molar-refractivity contribution in [1.82, 2.24) is 35.1 Å². The van der Waals surface area contributed by atoms with Crippen LogP contribution >= 0.6 is 0 Å². The van der Waals surface area contributed by atoms with Crippen LogP contribution in [0.15, 0.2) is 6.07 Å². The van der Waals surface area contributed by atoms with Crippen LogP contribution in [-0.4, -0.2) is 106 Å². The summed E-state index contributed by atoms with van der Waals surface area (Å²) in [6.45, 7) is 13.6. The molecule has 0 radical (unpaired) electrons. The first-order chi connectivity index (χ1) is 17.4. The summed E-state index contributed by atoms with van der Waals surface area (Å²) in [5.74, 6) is -0.688. The molecule has 1 saturated carbocycles. The molecule has 200 valence electrons. The van der Waals surface area contributed by atoms with Crippen LogP contribution in [0.4, 0.5) is 0 Å². The second-order valence-corrected chi connectivity index (χ2v) is 10.6. The van der Waals surface area contributed by atoms with Crippen LogP contribution in [0.25, 0.3) is 0 Å². The molecule has 1 saturated heterocycles. The lowest BCUT2D eigenvalue weighted by atomic mass is 9.94. The Labute approximate surface area is 214 Å². The molecule has 0 spiro atoms. The van der Waals surface area contributed by atoms with Crippen molar-refractivity contribution in [1.29, 1.82) is 0 Å². The lowest BCUT2D eigenvalue weighted by molar-refractivity contribution is -0.133. The summed E-state index contributed by atoms with van der Waals surface area (Å²) in [7, 11) is 0. The maximum Gasteiger partial charge on any atom is 0.273 e. The first kappa shape index (κ1) is 26.6. The highest BCUT2D eigenvalue weighted by Gasteiger charge is 2.48. The van der Waals surface area contributed by atoms with Crippen molar-refractivity contribution in [2.45, 2.75) is 77.4 Å². The summed E-state index contributed by atoms with van der Waals surface area (Å²) in [5.41, 5.74) is -0.455. The standard InChI is InChI=1S/C26H43N7O3/c1-4-12-30-14-16-31(17-15-30)13-8-11-27-23(34)21-18-22-24(35)32(5-2)26(3,19-33(22)29-21)25(36)28-20-9-6-7-10-20/h18,20H,4-17,19H2,1-3H3,(H,27,34)(H,28,36)/t26-/m1/s1. The van der Waals surface area contributed by atoms with E-state index < -0.39 is 5.54 Å². The Morgan fingerprint density at radius 2 is 1.75 bits per heavy atom. The molecule has 10 nitrogen and oxygen atoms in total. The van der Waals surface area contributed by atoms with Gasteiger partial charge in [0, 0.05) is 51.4 Å². The molecule has 2 aliphatic heterocycles. The Morgan fingerprint density at radius 1 is 1.08 bits per heavy atom. The van der Waals surface area contributed by atoms with Gasteiger partial charge in [-0.05, 0) is 52.6 Å². The van der Waals surface area contributed by atoms with Gasteiger partial charge in [-0.2, -0.15) is 5.10 Å². The number of amides is 3. The van der Waals surface area contributed by atoms with Gasteiger partial charge >= 0.3 is 0 Å². The van der Waals surface area contributed by atoms with Crippen LogP contribution in [0.1, 0.15) is 80.3 Å². The number of hydrogen-bond acceptors (Lipinski definition) is 6. The van der Waals surface area contributed by atoms with Gasteiger partial charge < -0.3 is 25.3 Å². The number of carbonyl (C=O) groups is 3. The van der Waals surface area contributed by atoms with Crippen molar-refractivity contribution < 1.29 is 14.4 Å². The molecule has 1 atom stereocenters. The number of rotatable bonds is 10. The largest absolute Gasteiger partial charge is 0.351 e. The lowest BCUT2D eigenvalue weighted by Gasteiger charge is -2.43. The second kappa shape index (κ2) is 11.7. The fraction of sp³-hybridized carbons (Fsp3) is 0.769. The molecule has 3 aliphatic rings. The summed E-state index contributed by atoms with van der Waals surface area (Å²) in [5, 5.41) is 10.5. The van der Waals surface area contributed by atoms with Crippen molar-refractivity contribution in [3.63, 3.8) is 0 Å². The van der Waals surface area contributed by atoms with E-state index in [-0.39, 0.29) is 36.0 Å². The molecule has 1 aromatic heterocycles.